The minimum absolute atomic E-state index is 0.111. The van der Waals surface area contributed by atoms with Gasteiger partial charge < -0.3 is 4.90 Å². The van der Waals surface area contributed by atoms with Crippen LogP contribution < -0.4 is 0 Å². The van der Waals surface area contributed by atoms with Gasteiger partial charge in [-0.25, -0.2) is 0 Å². The van der Waals surface area contributed by atoms with Crippen LogP contribution >= 0.6 is 15.9 Å². The van der Waals surface area contributed by atoms with Gasteiger partial charge in [-0.2, -0.15) is 0 Å². The number of halogens is 1. The molecule has 0 aliphatic rings. The van der Waals surface area contributed by atoms with E-state index in [1.54, 1.807) is 0 Å². The Labute approximate surface area is 112 Å². The second-order valence-electron chi connectivity index (χ2n) is 4.35. The molecule has 0 saturated heterocycles. The van der Waals surface area contributed by atoms with E-state index in [4.69, 9.17) is 0 Å². The lowest BCUT2D eigenvalue weighted by molar-refractivity contribution is 0.0792. The van der Waals surface area contributed by atoms with Crippen LogP contribution in [0.25, 0.3) is 0 Å². The minimum Gasteiger partial charge on any atom is -0.342 e. The monoisotopic (exact) mass is 297 g/mol. The fraction of sp³-hybridized carbons (Fsp3) is 0.500. The Hall–Kier alpha value is -0.830. The van der Waals surface area contributed by atoms with Crippen molar-refractivity contribution < 1.29 is 4.79 Å². The standard InChI is InChI=1S/C14H20BrNO/c1-4-5-6-10-16(3)14(17)12-8-7-9-13(15)11(12)2/h7-9H,4-6,10H2,1-3H3. The van der Waals surface area contributed by atoms with Gasteiger partial charge in [-0.3, -0.25) is 4.79 Å². The number of rotatable bonds is 5. The Morgan fingerprint density at radius 3 is 2.71 bits per heavy atom. The van der Waals surface area contributed by atoms with E-state index in [0.717, 1.165) is 28.6 Å². The number of hydrogen-bond donors (Lipinski definition) is 0. The van der Waals surface area contributed by atoms with Crippen molar-refractivity contribution in [2.24, 2.45) is 0 Å². The van der Waals surface area contributed by atoms with Crippen molar-refractivity contribution in [3.05, 3.63) is 33.8 Å². The van der Waals surface area contributed by atoms with Crippen LogP contribution in [0.1, 0.15) is 42.1 Å². The summed E-state index contributed by atoms with van der Waals surface area (Å²) >= 11 is 3.46. The Kier molecular flexibility index (Phi) is 5.69. The number of hydrogen-bond acceptors (Lipinski definition) is 1. The molecule has 1 rings (SSSR count). The van der Waals surface area contributed by atoms with Crippen molar-refractivity contribution in [2.45, 2.75) is 33.1 Å². The molecule has 0 unspecified atom stereocenters. The van der Waals surface area contributed by atoms with Crippen LogP contribution in [0.5, 0.6) is 0 Å². The van der Waals surface area contributed by atoms with Crippen molar-refractivity contribution in [2.75, 3.05) is 13.6 Å². The summed E-state index contributed by atoms with van der Waals surface area (Å²) in [5, 5.41) is 0. The quantitative estimate of drug-likeness (QED) is 0.752. The van der Waals surface area contributed by atoms with Crippen molar-refractivity contribution in [1.82, 2.24) is 4.90 Å². The third kappa shape index (κ3) is 3.84. The molecule has 0 aromatic heterocycles. The van der Waals surface area contributed by atoms with Crippen LogP contribution in [0.3, 0.4) is 0 Å². The molecule has 0 spiro atoms. The number of benzene rings is 1. The van der Waals surface area contributed by atoms with Gasteiger partial charge in [0, 0.05) is 23.6 Å². The maximum Gasteiger partial charge on any atom is 0.253 e. The van der Waals surface area contributed by atoms with Gasteiger partial charge in [-0.05, 0) is 31.0 Å². The van der Waals surface area contributed by atoms with Gasteiger partial charge in [0.05, 0.1) is 0 Å². The normalized spacial score (nSPS) is 10.4. The summed E-state index contributed by atoms with van der Waals surface area (Å²) in [4.78, 5) is 14.0. The Morgan fingerprint density at radius 1 is 1.35 bits per heavy atom. The highest BCUT2D eigenvalue weighted by atomic mass is 79.9. The van der Waals surface area contributed by atoms with Crippen LogP contribution in [0.4, 0.5) is 0 Å². The zero-order chi connectivity index (χ0) is 12.8. The van der Waals surface area contributed by atoms with Gasteiger partial charge in [0.15, 0.2) is 0 Å². The van der Waals surface area contributed by atoms with Gasteiger partial charge in [0.2, 0.25) is 0 Å². The number of unbranched alkanes of at least 4 members (excludes halogenated alkanes) is 2. The third-order valence-corrected chi connectivity index (χ3v) is 3.80. The van der Waals surface area contributed by atoms with Crippen molar-refractivity contribution >= 4 is 21.8 Å². The molecule has 17 heavy (non-hydrogen) atoms. The molecule has 94 valence electrons. The molecule has 0 atom stereocenters. The average Bonchev–Trinajstić information content (AvgIpc) is 2.32. The first kappa shape index (κ1) is 14.2. The molecule has 0 heterocycles. The highest BCUT2D eigenvalue weighted by molar-refractivity contribution is 9.10. The van der Waals surface area contributed by atoms with Crippen LogP contribution in [0, 0.1) is 6.92 Å². The topological polar surface area (TPSA) is 20.3 Å². The van der Waals surface area contributed by atoms with Crippen LogP contribution in [-0.4, -0.2) is 24.4 Å². The molecule has 0 radical (unpaired) electrons. The number of nitrogens with zero attached hydrogens (tertiary/aromatic N) is 1. The fourth-order valence-corrected chi connectivity index (χ4v) is 2.11. The molecule has 0 bridgehead atoms. The Balaban J connectivity index is 2.71. The maximum absolute atomic E-state index is 12.2. The summed E-state index contributed by atoms with van der Waals surface area (Å²) in [7, 11) is 1.87. The SMILES string of the molecule is CCCCCN(C)C(=O)c1cccc(Br)c1C. The van der Waals surface area contributed by atoms with Gasteiger partial charge in [-0.1, -0.05) is 41.8 Å². The van der Waals surface area contributed by atoms with Gasteiger partial charge in [-0.15, -0.1) is 0 Å². The zero-order valence-corrected chi connectivity index (χ0v) is 12.4. The molecule has 0 fully saturated rings. The van der Waals surface area contributed by atoms with E-state index in [-0.39, 0.29) is 5.91 Å². The Morgan fingerprint density at radius 2 is 2.06 bits per heavy atom. The first-order valence-electron chi connectivity index (χ1n) is 6.08. The summed E-state index contributed by atoms with van der Waals surface area (Å²) in [6, 6.07) is 5.76. The number of amides is 1. The lowest BCUT2D eigenvalue weighted by Gasteiger charge is -2.18. The largest absolute Gasteiger partial charge is 0.342 e. The van der Waals surface area contributed by atoms with Gasteiger partial charge in [0.25, 0.3) is 5.91 Å². The summed E-state index contributed by atoms with van der Waals surface area (Å²) in [6.07, 6.45) is 3.43. The Bertz CT molecular complexity index is 390. The number of carbonyl (C=O) groups is 1. The highest BCUT2D eigenvalue weighted by Gasteiger charge is 2.14. The molecule has 0 saturated carbocycles. The molecule has 2 nitrogen and oxygen atoms in total. The maximum atomic E-state index is 12.2. The highest BCUT2D eigenvalue weighted by Crippen LogP contribution is 2.20. The molecular formula is C14H20BrNO. The van der Waals surface area contributed by atoms with E-state index >= 15 is 0 Å². The second kappa shape index (κ2) is 6.80. The molecule has 0 aliphatic carbocycles. The van der Waals surface area contributed by atoms with E-state index in [1.165, 1.54) is 12.8 Å². The summed E-state index contributed by atoms with van der Waals surface area (Å²) in [5.74, 6) is 0.111. The van der Waals surface area contributed by atoms with E-state index in [1.807, 2.05) is 37.1 Å². The average molecular weight is 298 g/mol. The summed E-state index contributed by atoms with van der Waals surface area (Å²) < 4.78 is 0.991. The van der Waals surface area contributed by atoms with E-state index < -0.39 is 0 Å². The third-order valence-electron chi connectivity index (χ3n) is 2.94. The summed E-state index contributed by atoms with van der Waals surface area (Å²) in [5.41, 5.74) is 1.80. The van der Waals surface area contributed by atoms with Crippen LogP contribution in [0.15, 0.2) is 22.7 Å². The molecular weight excluding hydrogens is 278 g/mol. The van der Waals surface area contributed by atoms with Crippen LogP contribution in [-0.2, 0) is 0 Å². The van der Waals surface area contributed by atoms with E-state index in [9.17, 15) is 4.79 Å². The predicted octanol–water partition coefficient (Wildman–Crippen LogP) is 4.02. The van der Waals surface area contributed by atoms with E-state index in [2.05, 4.69) is 22.9 Å². The predicted molar refractivity (Wildman–Crippen MR) is 75.4 cm³/mol. The van der Waals surface area contributed by atoms with Gasteiger partial charge >= 0.3 is 0 Å². The van der Waals surface area contributed by atoms with Crippen molar-refractivity contribution in [3.63, 3.8) is 0 Å². The van der Waals surface area contributed by atoms with Crippen LogP contribution in [0.2, 0.25) is 0 Å². The smallest absolute Gasteiger partial charge is 0.253 e. The first-order chi connectivity index (χ1) is 8.07. The lowest BCUT2D eigenvalue weighted by atomic mass is 10.1. The second-order valence-corrected chi connectivity index (χ2v) is 5.20. The minimum atomic E-state index is 0.111. The van der Waals surface area contributed by atoms with Crippen molar-refractivity contribution in [3.8, 4) is 0 Å². The van der Waals surface area contributed by atoms with Crippen molar-refractivity contribution in [1.29, 1.82) is 0 Å². The zero-order valence-electron chi connectivity index (χ0n) is 10.8. The molecule has 0 N–H and O–H groups in total. The molecule has 1 aromatic rings. The first-order valence-corrected chi connectivity index (χ1v) is 6.87. The molecule has 3 heteroatoms. The van der Waals surface area contributed by atoms with E-state index in [0.29, 0.717) is 0 Å². The molecule has 1 aromatic carbocycles. The number of carbonyl (C=O) groups excluding carboxylic acids is 1. The molecule has 1 amide bonds. The lowest BCUT2D eigenvalue weighted by Crippen LogP contribution is -2.28. The molecule has 0 aliphatic heterocycles. The summed E-state index contributed by atoms with van der Waals surface area (Å²) in [6.45, 7) is 4.97. The van der Waals surface area contributed by atoms with Gasteiger partial charge in [0.1, 0.15) is 0 Å². The fourth-order valence-electron chi connectivity index (χ4n) is 1.75.